The maximum absolute atomic E-state index is 12.7. The standard InChI is InChI=1S/C23H30N2O3S/c1-5-13-25(16-22(26)24-20-8-6-7-9-21(20)28-4)23(27)12-14-29-19-11-10-17(2)18(3)15-19/h6-11,15H,5,12-14,16H2,1-4H3,(H,24,26). The summed E-state index contributed by atoms with van der Waals surface area (Å²) in [5.74, 6) is 1.06. The summed E-state index contributed by atoms with van der Waals surface area (Å²) < 4.78 is 5.26. The van der Waals surface area contributed by atoms with Gasteiger partial charge in [0.25, 0.3) is 0 Å². The van der Waals surface area contributed by atoms with Crippen molar-refractivity contribution in [2.24, 2.45) is 0 Å². The molecule has 0 radical (unpaired) electrons. The third-order valence-corrected chi connectivity index (χ3v) is 5.62. The van der Waals surface area contributed by atoms with Crippen LogP contribution in [-0.2, 0) is 9.59 Å². The molecule has 2 amide bonds. The molecule has 1 N–H and O–H groups in total. The summed E-state index contributed by atoms with van der Waals surface area (Å²) in [5, 5.41) is 2.84. The highest BCUT2D eigenvalue weighted by Crippen LogP contribution is 2.23. The van der Waals surface area contributed by atoms with Gasteiger partial charge in [0.1, 0.15) is 5.75 Å². The number of para-hydroxylation sites is 2. The first-order chi connectivity index (χ1) is 13.9. The van der Waals surface area contributed by atoms with Crippen LogP contribution in [0.4, 0.5) is 5.69 Å². The quantitative estimate of drug-likeness (QED) is 0.574. The second kappa shape index (κ2) is 11.5. The van der Waals surface area contributed by atoms with Crippen LogP contribution in [0.15, 0.2) is 47.4 Å². The predicted octanol–water partition coefficient (Wildman–Crippen LogP) is 4.67. The molecular formula is C23H30N2O3S. The summed E-state index contributed by atoms with van der Waals surface area (Å²) in [5.41, 5.74) is 3.12. The van der Waals surface area contributed by atoms with Crippen molar-refractivity contribution in [3.63, 3.8) is 0 Å². The van der Waals surface area contributed by atoms with Gasteiger partial charge in [-0.3, -0.25) is 9.59 Å². The van der Waals surface area contributed by atoms with E-state index in [4.69, 9.17) is 4.74 Å². The Labute approximate surface area is 177 Å². The number of ether oxygens (including phenoxy) is 1. The van der Waals surface area contributed by atoms with Gasteiger partial charge in [-0.1, -0.05) is 25.1 Å². The van der Waals surface area contributed by atoms with Gasteiger partial charge in [-0.25, -0.2) is 0 Å². The lowest BCUT2D eigenvalue weighted by Gasteiger charge is -2.22. The SMILES string of the molecule is CCCN(CC(=O)Nc1ccccc1OC)C(=O)CCSc1ccc(C)c(C)c1. The van der Waals surface area contributed by atoms with Gasteiger partial charge in [-0.05, 0) is 55.7 Å². The zero-order chi connectivity index (χ0) is 21.2. The third-order valence-electron chi connectivity index (χ3n) is 4.62. The summed E-state index contributed by atoms with van der Waals surface area (Å²) in [6.07, 6.45) is 1.21. The molecule has 0 aliphatic carbocycles. The molecule has 0 aliphatic rings. The van der Waals surface area contributed by atoms with E-state index in [2.05, 4.69) is 37.4 Å². The van der Waals surface area contributed by atoms with Crippen LogP contribution in [0.5, 0.6) is 5.75 Å². The number of thioether (sulfide) groups is 1. The van der Waals surface area contributed by atoms with Gasteiger partial charge in [0.05, 0.1) is 19.3 Å². The van der Waals surface area contributed by atoms with Crippen LogP contribution in [-0.4, -0.2) is 42.7 Å². The largest absolute Gasteiger partial charge is 0.495 e. The topological polar surface area (TPSA) is 58.6 Å². The van der Waals surface area contributed by atoms with Crippen molar-refractivity contribution < 1.29 is 14.3 Å². The Hall–Kier alpha value is -2.47. The van der Waals surface area contributed by atoms with Crippen LogP contribution in [0.2, 0.25) is 0 Å². The minimum Gasteiger partial charge on any atom is -0.495 e. The van der Waals surface area contributed by atoms with E-state index in [9.17, 15) is 9.59 Å². The molecule has 0 aliphatic heterocycles. The molecule has 29 heavy (non-hydrogen) atoms. The number of carbonyl (C=O) groups is 2. The first kappa shape index (κ1) is 22.8. The highest BCUT2D eigenvalue weighted by Gasteiger charge is 2.17. The Kier molecular flexibility index (Phi) is 9.06. The monoisotopic (exact) mass is 414 g/mol. The fourth-order valence-electron chi connectivity index (χ4n) is 2.89. The van der Waals surface area contributed by atoms with Gasteiger partial charge in [0.15, 0.2) is 0 Å². The minimum atomic E-state index is -0.224. The first-order valence-electron chi connectivity index (χ1n) is 9.85. The number of rotatable bonds is 10. The molecule has 2 aromatic carbocycles. The Morgan fingerprint density at radius 3 is 2.55 bits per heavy atom. The van der Waals surface area contributed by atoms with Crippen molar-refractivity contribution >= 4 is 29.3 Å². The minimum absolute atomic E-state index is 0.00152. The molecule has 5 nitrogen and oxygen atoms in total. The zero-order valence-electron chi connectivity index (χ0n) is 17.7. The number of benzene rings is 2. The number of amides is 2. The molecule has 0 bridgehead atoms. The van der Waals surface area contributed by atoms with E-state index in [1.165, 1.54) is 11.1 Å². The van der Waals surface area contributed by atoms with Gasteiger partial charge < -0.3 is 15.0 Å². The average molecular weight is 415 g/mol. The van der Waals surface area contributed by atoms with E-state index in [0.717, 1.165) is 11.3 Å². The molecule has 0 unspecified atom stereocenters. The molecule has 0 atom stereocenters. The molecule has 6 heteroatoms. The predicted molar refractivity (Wildman–Crippen MR) is 120 cm³/mol. The van der Waals surface area contributed by atoms with E-state index in [-0.39, 0.29) is 18.4 Å². The number of anilines is 1. The van der Waals surface area contributed by atoms with Crippen LogP contribution in [0, 0.1) is 13.8 Å². The lowest BCUT2D eigenvalue weighted by molar-refractivity contribution is -0.134. The fourth-order valence-corrected chi connectivity index (χ4v) is 3.83. The molecule has 0 spiro atoms. The molecule has 156 valence electrons. The number of nitrogens with one attached hydrogen (secondary N) is 1. The molecule has 2 rings (SSSR count). The van der Waals surface area contributed by atoms with Gasteiger partial charge in [0, 0.05) is 23.6 Å². The molecule has 0 aromatic heterocycles. The van der Waals surface area contributed by atoms with Crippen molar-refractivity contribution in [2.75, 3.05) is 31.3 Å². The van der Waals surface area contributed by atoms with Gasteiger partial charge >= 0.3 is 0 Å². The fraction of sp³-hybridized carbons (Fsp3) is 0.391. The summed E-state index contributed by atoms with van der Waals surface area (Å²) in [4.78, 5) is 27.9. The van der Waals surface area contributed by atoms with E-state index in [1.54, 1.807) is 35.9 Å². The molecular weight excluding hydrogens is 384 g/mol. The van der Waals surface area contributed by atoms with E-state index in [1.807, 2.05) is 19.1 Å². The molecule has 2 aromatic rings. The Balaban J connectivity index is 1.89. The van der Waals surface area contributed by atoms with Crippen molar-refractivity contribution in [3.05, 3.63) is 53.6 Å². The summed E-state index contributed by atoms with van der Waals surface area (Å²) in [6, 6.07) is 13.6. The van der Waals surface area contributed by atoms with Crippen molar-refractivity contribution in [3.8, 4) is 5.75 Å². The molecule has 0 heterocycles. The van der Waals surface area contributed by atoms with Gasteiger partial charge in [-0.15, -0.1) is 11.8 Å². The van der Waals surface area contributed by atoms with Gasteiger partial charge in [-0.2, -0.15) is 0 Å². The molecule has 0 fully saturated rings. The van der Waals surface area contributed by atoms with Crippen LogP contribution < -0.4 is 10.1 Å². The Morgan fingerprint density at radius 1 is 1.10 bits per heavy atom. The summed E-state index contributed by atoms with van der Waals surface area (Å²) in [7, 11) is 1.56. The number of hydrogen-bond acceptors (Lipinski definition) is 4. The highest BCUT2D eigenvalue weighted by molar-refractivity contribution is 7.99. The second-order valence-electron chi connectivity index (χ2n) is 6.91. The summed E-state index contributed by atoms with van der Waals surface area (Å²) in [6.45, 7) is 6.79. The third kappa shape index (κ3) is 7.13. The summed E-state index contributed by atoms with van der Waals surface area (Å²) >= 11 is 1.67. The van der Waals surface area contributed by atoms with Crippen molar-refractivity contribution in [2.45, 2.75) is 38.5 Å². The van der Waals surface area contributed by atoms with E-state index in [0.29, 0.717) is 30.2 Å². The second-order valence-corrected chi connectivity index (χ2v) is 8.08. The maximum atomic E-state index is 12.7. The normalized spacial score (nSPS) is 10.5. The smallest absolute Gasteiger partial charge is 0.244 e. The number of aryl methyl sites for hydroxylation is 2. The number of hydrogen-bond donors (Lipinski definition) is 1. The van der Waals surface area contributed by atoms with Crippen molar-refractivity contribution in [1.29, 1.82) is 0 Å². The highest BCUT2D eigenvalue weighted by atomic mass is 32.2. The Morgan fingerprint density at radius 2 is 1.86 bits per heavy atom. The Bertz CT molecular complexity index is 839. The number of nitrogens with zero attached hydrogens (tertiary/aromatic N) is 1. The van der Waals surface area contributed by atoms with Gasteiger partial charge in [0.2, 0.25) is 11.8 Å². The maximum Gasteiger partial charge on any atom is 0.244 e. The van der Waals surface area contributed by atoms with Crippen LogP contribution >= 0.6 is 11.8 Å². The zero-order valence-corrected chi connectivity index (χ0v) is 18.5. The average Bonchev–Trinajstić information content (AvgIpc) is 2.70. The number of carbonyl (C=O) groups excluding carboxylic acids is 2. The van der Waals surface area contributed by atoms with E-state index < -0.39 is 0 Å². The van der Waals surface area contributed by atoms with Crippen LogP contribution in [0.25, 0.3) is 0 Å². The lowest BCUT2D eigenvalue weighted by atomic mass is 10.1. The van der Waals surface area contributed by atoms with E-state index >= 15 is 0 Å². The van der Waals surface area contributed by atoms with Crippen molar-refractivity contribution in [1.82, 2.24) is 4.90 Å². The van der Waals surface area contributed by atoms with Crippen LogP contribution in [0.3, 0.4) is 0 Å². The molecule has 0 saturated carbocycles. The number of methoxy groups -OCH3 is 1. The molecule has 0 saturated heterocycles. The lowest BCUT2D eigenvalue weighted by Crippen LogP contribution is -2.38. The first-order valence-corrected chi connectivity index (χ1v) is 10.8. The van der Waals surface area contributed by atoms with Crippen LogP contribution in [0.1, 0.15) is 30.9 Å².